The lowest BCUT2D eigenvalue weighted by atomic mass is 10.1. The first-order valence-electron chi connectivity index (χ1n) is 5.22. The Bertz CT molecular complexity index is 199. The Balaban J connectivity index is 2.37. The molecule has 1 amide bonds. The van der Waals surface area contributed by atoms with Crippen LogP contribution in [0.5, 0.6) is 0 Å². The summed E-state index contributed by atoms with van der Waals surface area (Å²) >= 11 is 0. The van der Waals surface area contributed by atoms with Gasteiger partial charge in [-0.2, -0.15) is 0 Å². The van der Waals surface area contributed by atoms with Crippen LogP contribution in [0.15, 0.2) is 0 Å². The van der Waals surface area contributed by atoms with Crippen molar-refractivity contribution in [1.29, 1.82) is 0 Å². The fourth-order valence-corrected chi connectivity index (χ4v) is 1.51. The van der Waals surface area contributed by atoms with Crippen LogP contribution in [0.1, 0.15) is 33.1 Å². The van der Waals surface area contributed by atoms with E-state index in [0.717, 1.165) is 25.8 Å². The Labute approximate surface area is 85.1 Å². The van der Waals surface area contributed by atoms with Gasteiger partial charge in [0.05, 0.1) is 11.6 Å². The minimum absolute atomic E-state index is 0.0618. The lowest BCUT2D eigenvalue weighted by Gasteiger charge is -2.22. The summed E-state index contributed by atoms with van der Waals surface area (Å²) < 4.78 is 0. The minimum atomic E-state index is -0.757. The number of aliphatic hydroxyl groups is 1. The van der Waals surface area contributed by atoms with Gasteiger partial charge in [-0.3, -0.25) is 4.79 Å². The zero-order valence-electron chi connectivity index (χ0n) is 8.97. The van der Waals surface area contributed by atoms with Gasteiger partial charge in [-0.25, -0.2) is 0 Å². The van der Waals surface area contributed by atoms with E-state index in [2.05, 4.69) is 10.6 Å². The van der Waals surface area contributed by atoms with Gasteiger partial charge in [-0.1, -0.05) is 0 Å². The summed E-state index contributed by atoms with van der Waals surface area (Å²) in [6.45, 7) is 4.69. The van der Waals surface area contributed by atoms with Gasteiger partial charge < -0.3 is 15.7 Å². The molecule has 1 saturated heterocycles. The molecule has 14 heavy (non-hydrogen) atoms. The van der Waals surface area contributed by atoms with Crippen LogP contribution >= 0.6 is 0 Å². The van der Waals surface area contributed by atoms with Crippen molar-refractivity contribution in [3.05, 3.63) is 0 Å². The van der Waals surface area contributed by atoms with E-state index in [4.69, 9.17) is 0 Å². The highest BCUT2D eigenvalue weighted by Gasteiger charge is 2.22. The predicted octanol–water partition coefficient (Wildman–Crippen LogP) is 0.0156. The highest BCUT2D eigenvalue weighted by atomic mass is 16.3. The first kappa shape index (κ1) is 11.5. The highest BCUT2D eigenvalue weighted by molar-refractivity contribution is 5.81. The van der Waals surface area contributed by atoms with Gasteiger partial charge >= 0.3 is 0 Å². The molecule has 0 saturated carbocycles. The molecule has 1 aliphatic heterocycles. The summed E-state index contributed by atoms with van der Waals surface area (Å²) in [5.74, 6) is 0.0618. The molecule has 0 aromatic rings. The van der Waals surface area contributed by atoms with Gasteiger partial charge in [0.15, 0.2) is 0 Å². The van der Waals surface area contributed by atoms with Gasteiger partial charge in [0.1, 0.15) is 0 Å². The standard InChI is InChI=1S/C10H20N2O2/c1-10(2,14)7-12-8-5-3-4-6-11-9(8)13/h8,12,14H,3-7H2,1-2H3,(H,11,13). The van der Waals surface area contributed by atoms with Crippen LogP contribution in [0.4, 0.5) is 0 Å². The molecule has 1 fully saturated rings. The van der Waals surface area contributed by atoms with Crippen molar-refractivity contribution in [3.8, 4) is 0 Å². The monoisotopic (exact) mass is 200 g/mol. The van der Waals surface area contributed by atoms with Crippen molar-refractivity contribution in [2.75, 3.05) is 13.1 Å². The summed E-state index contributed by atoms with van der Waals surface area (Å²) in [5, 5.41) is 15.4. The van der Waals surface area contributed by atoms with Crippen LogP contribution in [0.3, 0.4) is 0 Å². The van der Waals surface area contributed by atoms with Crippen LogP contribution in [0, 0.1) is 0 Å². The summed E-state index contributed by atoms with van der Waals surface area (Å²) in [5.41, 5.74) is -0.757. The fraction of sp³-hybridized carbons (Fsp3) is 0.900. The van der Waals surface area contributed by atoms with Gasteiger partial charge in [-0.05, 0) is 33.1 Å². The van der Waals surface area contributed by atoms with E-state index in [-0.39, 0.29) is 11.9 Å². The van der Waals surface area contributed by atoms with Crippen molar-refractivity contribution in [2.45, 2.75) is 44.8 Å². The normalized spacial score (nSPS) is 24.2. The van der Waals surface area contributed by atoms with Crippen molar-refractivity contribution in [3.63, 3.8) is 0 Å². The van der Waals surface area contributed by atoms with Gasteiger partial charge in [0.25, 0.3) is 0 Å². The zero-order valence-corrected chi connectivity index (χ0v) is 8.97. The molecule has 1 atom stereocenters. The maximum atomic E-state index is 11.5. The van der Waals surface area contributed by atoms with E-state index in [9.17, 15) is 9.90 Å². The molecule has 0 bridgehead atoms. The molecule has 3 N–H and O–H groups in total. The van der Waals surface area contributed by atoms with Crippen LogP contribution in [0.2, 0.25) is 0 Å². The molecular weight excluding hydrogens is 180 g/mol. The number of hydrogen-bond donors (Lipinski definition) is 3. The molecule has 1 aliphatic rings. The molecule has 4 nitrogen and oxygen atoms in total. The number of amides is 1. The molecule has 1 rings (SSSR count). The Hall–Kier alpha value is -0.610. The smallest absolute Gasteiger partial charge is 0.237 e. The minimum Gasteiger partial charge on any atom is -0.389 e. The quantitative estimate of drug-likeness (QED) is 0.601. The number of hydrogen-bond acceptors (Lipinski definition) is 3. The van der Waals surface area contributed by atoms with Gasteiger partial charge in [0.2, 0.25) is 5.91 Å². The first-order valence-corrected chi connectivity index (χ1v) is 5.22. The number of carbonyl (C=O) groups excluding carboxylic acids is 1. The molecule has 0 aliphatic carbocycles. The van der Waals surface area contributed by atoms with Crippen LogP contribution in [-0.4, -0.2) is 35.7 Å². The fourth-order valence-electron chi connectivity index (χ4n) is 1.51. The number of rotatable bonds is 3. The van der Waals surface area contributed by atoms with E-state index in [1.807, 2.05) is 0 Å². The Morgan fingerprint density at radius 1 is 1.57 bits per heavy atom. The van der Waals surface area contributed by atoms with Crippen LogP contribution in [0.25, 0.3) is 0 Å². The highest BCUT2D eigenvalue weighted by Crippen LogP contribution is 2.06. The molecule has 1 heterocycles. The van der Waals surface area contributed by atoms with Gasteiger partial charge in [0, 0.05) is 13.1 Å². The van der Waals surface area contributed by atoms with Crippen LogP contribution < -0.4 is 10.6 Å². The lowest BCUT2D eigenvalue weighted by Crippen LogP contribution is -2.47. The largest absolute Gasteiger partial charge is 0.389 e. The molecule has 0 aromatic carbocycles. The van der Waals surface area contributed by atoms with E-state index in [0.29, 0.717) is 6.54 Å². The Kier molecular flexibility index (Phi) is 3.89. The van der Waals surface area contributed by atoms with E-state index < -0.39 is 5.60 Å². The van der Waals surface area contributed by atoms with E-state index in [1.54, 1.807) is 13.8 Å². The summed E-state index contributed by atoms with van der Waals surface area (Å²) in [4.78, 5) is 11.5. The summed E-state index contributed by atoms with van der Waals surface area (Å²) in [7, 11) is 0. The Morgan fingerprint density at radius 3 is 2.93 bits per heavy atom. The number of nitrogens with one attached hydrogen (secondary N) is 2. The van der Waals surface area contributed by atoms with Crippen molar-refractivity contribution < 1.29 is 9.90 Å². The molecule has 0 spiro atoms. The summed E-state index contributed by atoms with van der Waals surface area (Å²) in [6.07, 6.45) is 2.97. The van der Waals surface area contributed by atoms with E-state index in [1.165, 1.54) is 0 Å². The van der Waals surface area contributed by atoms with Crippen molar-refractivity contribution in [2.24, 2.45) is 0 Å². The molecule has 1 unspecified atom stereocenters. The third kappa shape index (κ3) is 4.07. The second-order valence-electron chi connectivity index (χ2n) is 4.53. The average Bonchev–Trinajstić information content (AvgIpc) is 2.25. The van der Waals surface area contributed by atoms with Crippen molar-refractivity contribution in [1.82, 2.24) is 10.6 Å². The predicted molar refractivity (Wildman–Crippen MR) is 54.9 cm³/mol. The molecule has 0 aromatic heterocycles. The molecular formula is C10H20N2O2. The maximum Gasteiger partial charge on any atom is 0.237 e. The maximum absolute atomic E-state index is 11.5. The molecule has 0 radical (unpaired) electrons. The Morgan fingerprint density at radius 2 is 2.29 bits per heavy atom. The zero-order chi connectivity index (χ0) is 10.6. The van der Waals surface area contributed by atoms with Gasteiger partial charge in [-0.15, -0.1) is 0 Å². The molecule has 82 valence electrons. The second kappa shape index (κ2) is 4.75. The SMILES string of the molecule is CC(C)(O)CNC1CCCCNC1=O. The first-order chi connectivity index (χ1) is 6.49. The second-order valence-corrected chi connectivity index (χ2v) is 4.53. The lowest BCUT2D eigenvalue weighted by molar-refractivity contribution is -0.123. The summed E-state index contributed by atoms with van der Waals surface area (Å²) in [6, 6.07) is -0.135. The number of carbonyl (C=O) groups is 1. The third-order valence-electron chi connectivity index (χ3n) is 2.32. The van der Waals surface area contributed by atoms with Crippen molar-refractivity contribution >= 4 is 5.91 Å². The molecule has 4 heteroatoms. The topological polar surface area (TPSA) is 61.4 Å². The average molecular weight is 200 g/mol. The third-order valence-corrected chi connectivity index (χ3v) is 2.32. The van der Waals surface area contributed by atoms with Crippen LogP contribution in [-0.2, 0) is 4.79 Å². The van der Waals surface area contributed by atoms with E-state index >= 15 is 0 Å².